The summed E-state index contributed by atoms with van der Waals surface area (Å²) in [5.41, 5.74) is 0. The molecule has 2 saturated heterocycles. The minimum Gasteiger partial charge on any atom is -0.393 e. The molecule has 94 valence electrons. The Balaban J connectivity index is 1.84. The van der Waals surface area contributed by atoms with Crippen LogP contribution in [0.25, 0.3) is 0 Å². The topological polar surface area (TPSA) is 86.7 Å². The van der Waals surface area contributed by atoms with Gasteiger partial charge in [-0.05, 0) is 24.7 Å². The van der Waals surface area contributed by atoms with Crippen LogP contribution in [0.4, 0.5) is 0 Å². The molecule has 3 saturated carbocycles. The predicted molar refractivity (Wildman–Crippen MR) is 52.4 cm³/mol. The summed E-state index contributed by atoms with van der Waals surface area (Å²) in [6.07, 6.45) is 1.36. The van der Waals surface area contributed by atoms with Crippen LogP contribution in [0.2, 0.25) is 0 Å². The SMILES string of the molecule is O=C1OC(=O)[C@H]2[C@H]3CC[C@@H]([C@@H]12)[C@@H]1C(=O)OC(=O)[C@H]31. The van der Waals surface area contributed by atoms with Gasteiger partial charge < -0.3 is 9.47 Å². The number of cyclic esters (lactones) is 4. The van der Waals surface area contributed by atoms with E-state index in [4.69, 9.17) is 0 Å². The van der Waals surface area contributed by atoms with Crippen molar-refractivity contribution in [1.29, 1.82) is 0 Å². The first-order valence-corrected chi connectivity index (χ1v) is 6.10. The summed E-state index contributed by atoms with van der Waals surface area (Å²) in [6.45, 7) is 0. The fourth-order valence-electron chi connectivity index (χ4n) is 4.37. The van der Waals surface area contributed by atoms with Crippen molar-refractivity contribution >= 4 is 23.9 Å². The Bertz CT molecular complexity index is 423. The van der Waals surface area contributed by atoms with Crippen LogP contribution in [0.1, 0.15) is 12.8 Å². The quantitative estimate of drug-likeness (QED) is 0.431. The van der Waals surface area contributed by atoms with Gasteiger partial charge in [0.25, 0.3) is 0 Å². The van der Waals surface area contributed by atoms with Gasteiger partial charge in [0.05, 0.1) is 23.7 Å². The predicted octanol–water partition coefficient (Wildman–Crippen LogP) is -0.342. The number of rotatable bonds is 0. The van der Waals surface area contributed by atoms with Crippen LogP contribution in [-0.4, -0.2) is 23.9 Å². The third-order valence-corrected chi connectivity index (χ3v) is 4.94. The van der Waals surface area contributed by atoms with E-state index in [9.17, 15) is 19.2 Å². The van der Waals surface area contributed by atoms with E-state index in [0.717, 1.165) is 0 Å². The van der Waals surface area contributed by atoms with Gasteiger partial charge in [0, 0.05) is 0 Å². The molecular weight excluding hydrogens is 240 g/mol. The molecule has 0 amide bonds. The number of esters is 4. The molecule has 3 aliphatic carbocycles. The van der Waals surface area contributed by atoms with Gasteiger partial charge in [-0.25, -0.2) is 0 Å². The highest BCUT2D eigenvalue weighted by molar-refractivity contribution is 6.02. The Morgan fingerprint density at radius 1 is 0.611 bits per heavy atom. The summed E-state index contributed by atoms with van der Waals surface area (Å²) in [5.74, 6) is -4.88. The number of fused-ring (bicyclic) bond motifs is 1. The maximum atomic E-state index is 11.7. The van der Waals surface area contributed by atoms with Gasteiger partial charge in [-0.2, -0.15) is 0 Å². The van der Waals surface area contributed by atoms with E-state index in [-0.39, 0.29) is 11.8 Å². The van der Waals surface area contributed by atoms with Gasteiger partial charge in [0.1, 0.15) is 0 Å². The summed E-state index contributed by atoms with van der Waals surface area (Å²) in [4.78, 5) is 46.8. The third kappa shape index (κ3) is 0.958. The number of hydrogen-bond acceptors (Lipinski definition) is 6. The second-order valence-electron chi connectivity index (χ2n) is 5.49. The minimum atomic E-state index is -0.545. The lowest BCUT2D eigenvalue weighted by Crippen LogP contribution is -2.53. The monoisotopic (exact) mass is 250 g/mol. The highest BCUT2D eigenvalue weighted by Crippen LogP contribution is 2.59. The molecule has 2 bridgehead atoms. The molecule has 0 spiro atoms. The molecule has 2 aliphatic heterocycles. The fraction of sp³-hybridized carbons (Fsp3) is 0.667. The minimum absolute atomic E-state index is 0.275. The van der Waals surface area contributed by atoms with Gasteiger partial charge in [0.2, 0.25) is 0 Å². The average Bonchev–Trinajstić information content (AvgIpc) is 2.81. The molecule has 0 aromatic heterocycles. The highest BCUT2D eigenvalue weighted by atomic mass is 16.6. The number of ether oxygens (including phenoxy) is 2. The molecule has 5 fully saturated rings. The normalized spacial score (nSPS) is 48.9. The first-order chi connectivity index (χ1) is 8.59. The zero-order valence-electron chi connectivity index (χ0n) is 9.33. The van der Waals surface area contributed by atoms with Gasteiger partial charge in [-0.3, -0.25) is 19.2 Å². The average molecular weight is 250 g/mol. The highest BCUT2D eigenvalue weighted by Gasteiger charge is 2.69. The summed E-state index contributed by atoms with van der Waals surface area (Å²) >= 11 is 0. The fourth-order valence-corrected chi connectivity index (χ4v) is 4.37. The van der Waals surface area contributed by atoms with E-state index < -0.39 is 47.5 Å². The first kappa shape index (κ1) is 10.2. The lowest BCUT2D eigenvalue weighted by Gasteiger charge is -2.46. The van der Waals surface area contributed by atoms with Crippen LogP contribution in [-0.2, 0) is 28.7 Å². The zero-order valence-corrected chi connectivity index (χ0v) is 9.33. The molecule has 0 radical (unpaired) electrons. The maximum Gasteiger partial charge on any atom is 0.317 e. The Kier molecular flexibility index (Phi) is 1.70. The first-order valence-electron chi connectivity index (χ1n) is 6.10. The number of carbonyl (C=O) groups excluding carboxylic acids is 4. The van der Waals surface area contributed by atoms with Crippen molar-refractivity contribution in [2.24, 2.45) is 35.5 Å². The van der Waals surface area contributed by atoms with E-state index >= 15 is 0 Å². The standard InChI is InChI=1S/C12H10O6/c13-9-5-3-1-2-4(7(5)11(15)17-9)8-6(3)10(14)18-12(8)16/h3-8H,1-2H2/t3-,4+,5+,6-,7-,8+. The van der Waals surface area contributed by atoms with E-state index in [1.807, 2.05) is 0 Å². The summed E-state index contributed by atoms with van der Waals surface area (Å²) in [5, 5.41) is 0. The molecule has 6 atom stereocenters. The Hall–Kier alpha value is -1.72. The third-order valence-electron chi connectivity index (χ3n) is 4.94. The maximum absolute atomic E-state index is 11.7. The molecule has 2 heterocycles. The second-order valence-corrected chi connectivity index (χ2v) is 5.49. The molecule has 5 rings (SSSR count). The molecule has 0 aromatic rings. The molecule has 0 unspecified atom stereocenters. The Labute approximate surface area is 102 Å². The van der Waals surface area contributed by atoms with Gasteiger partial charge in [0.15, 0.2) is 0 Å². The van der Waals surface area contributed by atoms with Crippen molar-refractivity contribution in [1.82, 2.24) is 0 Å². The Morgan fingerprint density at radius 3 is 1.17 bits per heavy atom. The molecule has 0 aromatic carbocycles. The molecule has 6 heteroatoms. The van der Waals surface area contributed by atoms with E-state index in [2.05, 4.69) is 9.47 Å². The summed E-state index contributed by atoms with van der Waals surface area (Å²) in [6, 6.07) is 0. The number of hydrogen-bond donors (Lipinski definition) is 0. The number of carbonyl (C=O) groups is 4. The van der Waals surface area contributed by atoms with Gasteiger partial charge in [-0.15, -0.1) is 0 Å². The van der Waals surface area contributed by atoms with Crippen LogP contribution in [0.5, 0.6) is 0 Å². The van der Waals surface area contributed by atoms with Gasteiger partial charge in [-0.1, -0.05) is 0 Å². The second kappa shape index (κ2) is 2.99. The van der Waals surface area contributed by atoms with Gasteiger partial charge >= 0.3 is 23.9 Å². The lowest BCUT2D eigenvalue weighted by molar-refractivity contribution is -0.154. The van der Waals surface area contributed by atoms with Crippen LogP contribution in [0.3, 0.4) is 0 Å². The Morgan fingerprint density at radius 2 is 0.889 bits per heavy atom. The smallest absolute Gasteiger partial charge is 0.317 e. The van der Waals surface area contributed by atoms with E-state index in [1.165, 1.54) is 0 Å². The van der Waals surface area contributed by atoms with Crippen molar-refractivity contribution in [2.75, 3.05) is 0 Å². The summed E-state index contributed by atoms with van der Waals surface area (Å²) < 4.78 is 9.37. The van der Waals surface area contributed by atoms with Crippen LogP contribution in [0.15, 0.2) is 0 Å². The van der Waals surface area contributed by atoms with E-state index in [1.54, 1.807) is 0 Å². The molecule has 6 nitrogen and oxygen atoms in total. The lowest BCUT2D eigenvalue weighted by atomic mass is 9.51. The van der Waals surface area contributed by atoms with Crippen molar-refractivity contribution in [2.45, 2.75) is 12.8 Å². The molecule has 5 aliphatic rings. The van der Waals surface area contributed by atoms with Crippen molar-refractivity contribution in [3.8, 4) is 0 Å². The van der Waals surface area contributed by atoms with Crippen molar-refractivity contribution in [3.05, 3.63) is 0 Å². The molecular formula is C12H10O6. The van der Waals surface area contributed by atoms with Crippen molar-refractivity contribution < 1.29 is 28.7 Å². The van der Waals surface area contributed by atoms with Crippen molar-refractivity contribution in [3.63, 3.8) is 0 Å². The van der Waals surface area contributed by atoms with Crippen LogP contribution >= 0.6 is 0 Å². The summed E-state index contributed by atoms with van der Waals surface area (Å²) in [7, 11) is 0. The largest absolute Gasteiger partial charge is 0.393 e. The van der Waals surface area contributed by atoms with E-state index in [0.29, 0.717) is 12.8 Å². The van der Waals surface area contributed by atoms with Crippen LogP contribution in [0, 0.1) is 35.5 Å². The zero-order chi connectivity index (χ0) is 12.6. The van der Waals surface area contributed by atoms with Crippen LogP contribution < -0.4 is 0 Å². The molecule has 0 N–H and O–H groups in total. The molecule has 18 heavy (non-hydrogen) atoms.